The molecule has 0 radical (unpaired) electrons. The number of nitrogens with zero attached hydrogens (tertiary/aromatic N) is 1. The van der Waals surface area contributed by atoms with E-state index in [0.29, 0.717) is 31.1 Å². The molecule has 29 heavy (non-hydrogen) atoms. The van der Waals surface area contributed by atoms with Crippen molar-refractivity contribution in [2.24, 2.45) is 0 Å². The summed E-state index contributed by atoms with van der Waals surface area (Å²) in [6.07, 6.45) is 2.24. The lowest BCUT2D eigenvalue weighted by molar-refractivity contribution is -0.147. The SMILES string of the molecule is CCCCOC(=O)CC1C(=O)NCCN1C(=S)NC(=O)CCc1ccccc1Cl. The minimum Gasteiger partial charge on any atom is -0.466 e. The summed E-state index contributed by atoms with van der Waals surface area (Å²) >= 11 is 11.4. The van der Waals surface area contributed by atoms with Crippen LogP contribution in [-0.4, -0.2) is 53.5 Å². The van der Waals surface area contributed by atoms with Crippen LogP contribution < -0.4 is 10.6 Å². The number of nitrogens with one attached hydrogen (secondary N) is 2. The van der Waals surface area contributed by atoms with Gasteiger partial charge in [-0.25, -0.2) is 0 Å². The third-order valence-corrected chi connectivity index (χ3v) is 5.24. The molecule has 2 amide bonds. The van der Waals surface area contributed by atoms with Crippen molar-refractivity contribution in [3.63, 3.8) is 0 Å². The van der Waals surface area contributed by atoms with Gasteiger partial charge in [0.15, 0.2) is 5.11 Å². The highest BCUT2D eigenvalue weighted by Gasteiger charge is 2.34. The molecule has 1 atom stereocenters. The number of rotatable bonds is 8. The Morgan fingerprint density at radius 3 is 2.86 bits per heavy atom. The smallest absolute Gasteiger partial charge is 0.308 e. The molecule has 7 nitrogen and oxygen atoms in total. The van der Waals surface area contributed by atoms with E-state index < -0.39 is 12.0 Å². The summed E-state index contributed by atoms with van der Waals surface area (Å²) in [6.45, 7) is 3.11. The molecule has 0 aliphatic carbocycles. The fraction of sp³-hybridized carbons (Fsp3) is 0.500. The number of unbranched alkanes of at least 4 members (excludes halogenated alkanes) is 1. The first-order valence-corrected chi connectivity index (χ1v) is 10.5. The number of benzene rings is 1. The molecule has 9 heteroatoms. The molecule has 1 aliphatic rings. The van der Waals surface area contributed by atoms with Crippen molar-refractivity contribution in [3.8, 4) is 0 Å². The Morgan fingerprint density at radius 2 is 2.14 bits per heavy atom. The highest BCUT2D eigenvalue weighted by Crippen LogP contribution is 2.16. The van der Waals surface area contributed by atoms with Gasteiger partial charge in [-0.2, -0.15) is 0 Å². The van der Waals surface area contributed by atoms with Crippen LogP contribution in [0.15, 0.2) is 24.3 Å². The summed E-state index contributed by atoms with van der Waals surface area (Å²) < 4.78 is 5.15. The van der Waals surface area contributed by atoms with E-state index in [1.54, 1.807) is 11.0 Å². The quantitative estimate of drug-likeness (QED) is 0.367. The fourth-order valence-electron chi connectivity index (χ4n) is 2.91. The average Bonchev–Trinajstić information content (AvgIpc) is 2.69. The third-order valence-electron chi connectivity index (χ3n) is 4.54. The fourth-order valence-corrected chi connectivity index (χ4v) is 3.47. The predicted molar refractivity (Wildman–Crippen MR) is 115 cm³/mol. The number of amides is 2. The topological polar surface area (TPSA) is 87.7 Å². The van der Waals surface area contributed by atoms with Crippen LogP contribution in [0.1, 0.15) is 38.2 Å². The van der Waals surface area contributed by atoms with Gasteiger partial charge >= 0.3 is 5.97 Å². The van der Waals surface area contributed by atoms with Crippen LogP contribution >= 0.6 is 23.8 Å². The summed E-state index contributed by atoms with van der Waals surface area (Å²) in [7, 11) is 0. The zero-order chi connectivity index (χ0) is 21.2. The maximum absolute atomic E-state index is 12.3. The van der Waals surface area contributed by atoms with Gasteiger partial charge in [0.1, 0.15) is 6.04 Å². The number of carbonyl (C=O) groups excluding carboxylic acids is 3. The molecule has 0 saturated carbocycles. The maximum Gasteiger partial charge on any atom is 0.308 e. The van der Waals surface area contributed by atoms with Crippen LogP contribution in [0, 0.1) is 0 Å². The second-order valence-corrected chi connectivity index (χ2v) is 7.52. The number of hydrogen-bond acceptors (Lipinski definition) is 5. The van der Waals surface area contributed by atoms with Crippen LogP contribution in [0.2, 0.25) is 5.02 Å². The van der Waals surface area contributed by atoms with Crippen molar-refractivity contribution in [2.45, 2.75) is 45.1 Å². The monoisotopic (exact) mass is 439 g/mol. The zero-order valence-electron chi connectivity index (χ0n) is 16.4. The van der Waals surface area contributed by atoms with Crippen molar-refractivity contribution in [1.29, 1.82) is 0 Å². The summed E-state index contributed by atoms with van der Waals surface area (Å²) in [4.78, 5) is 38.2. The summed E-state index contributed by atoms with van der Waals surface area (Å²) in [5, 5.41) is 6.12. The van der Waals surface area contributed by atoms with E-state index in [1.165, 1.54) is 0 Å². The van der Waals surface area contributed by atoms with Crippen LogP contribution in [0.4, 0.5) is 0 Å². The van der Waals surface area contributed by atoms with Crippen molar-refractivity contribution in [2.75, 3.05) is 19.7 Å². The molecule has 2 N–H and O–H groups in total. The number of ether oxygens (including phenoxy) is 1. The Labute approximate surface area is 181 Å². The molecule has 158 valence electrons. The van der Waals surface area contributed by atoms with Gasteiger partial charge in [0.05, 0.1) is 13.0 Å². The molecule has 1 aromatic rings. The van der Waals surface area contributed by atoms with Crippen molar-refractivity contribution in [3.05, 3.63) is 34.9 Å². The lowest BCUT2D eigenvalue weighted by atomic mass is 10.1. The minimum atomic E-state index is -0.797. The second-order valence-electron chi connectivity index (χ2n) is 6.72. The Balaban J connectivity index is 1.90. The first-order valence-electron chi connectivity index (χ1n) is 9.69. The molecular weight excluding hydrogens is 414 g/mol. The molecule has 0 spiro atoms. The van der Waals surface area contributed by atoms with Crippen LogP contribution in [-0.2, 0) is 25.5 Å². The predicted octanol–water partition coefficient (Wildman–Crippen LogP) is 2.21. The normalized spacial score (nSPS) is 16.1. The maximum atomic E-state index is 12.3. The number of aryl methyl sites for hydroxylation is 1. The molecule has 1 aliphatic heterocycles. The van der Waals surface area contributed by atoms with Gasteiger partial charge in [-0.3, -0.25) is 14.4 Å². The Morgan fingerprint density at radius 1 is 1.38 bits per heavy atom. The molecular formula is C20H26ClN3O4S. The van der Waals surface area contributed by atoms with E-state index in [2.05, 4.69) is 10.6 Å². The number of esters is 1. The molecule has 1 aromatic carbocycles. The van der Waals surface area contributed by atoms with Crippen molar-refractivity contribution >= 4 is 46.7 Å². The third kappa shape index (κ3) is 7.29. The summed E-state index contributed by atoms with van der Waals surface area (Å²) in [5.41, 5.74) is 0.875. The Hall–Kier alpha value is -2.19. The Bertz CT molecular complexity index is 759. The summed E-state index contributed by atoms with van der Waals surface area (Å²) in [5.74, 6) is -1.04. The van der Waals surface area contributed by atoms with Gasteiger partial charge < -0.3 is 20.3 Å². The largest absolute Gasteiger partial charge is 0.466 e. The van der Waals surface area contributed by atoms with Crippen LogP contribution in [0.5, 0.6) is 0 Å². The van der Waals surface area contributed by atoms with Crippen LogP contribution in [0.3, 0.4) is 0 Å². The van der Waals surface area contributed by atoms with Gasteiger partial charge in [0, 0.05) is 24.5 Å². The molecule has 0 aromatic heterocycles. The average molecular weight is 440 g/mol. The molecule has 0 bridgehead atoms. The van der Waals surface area contributed by atoms with E-state index in [4.69, 9.17) is 28.6 Å². The van der Waals surface area contributed by atoms with Gasteiger partial charge in [-0.05, 0) is 36.7 Å². The molecule has 1 heterocycles. The highest BCUT2D eigenvalue weighted by atomic mass is 35.5. The number of halogens is 1. The van der Waals surface area contributed by atoms with E-state index in [9.17, 15) is 14.4 Å². The first-order chi connectivity index (χ1) is 13.9. The number of piperazine rings is 1. The van der Waals surface area contributed by atoms with E-state index in [0.717, 1.165) is 18.4 Å². The molecule has 2 rings (SSSR count). The summed E-state index contributed by atoms with van der Waals surface area (Å²) in [6, 6.07) is 6.53. The standard InChI is InChI=1S/C20H26ClN3O4S/c1-2-3-12-28-18(26)13-16-19(27)22-10-11-24(16)20(29)23-17(25)9-8-14-6-4-5-7-15(14)21/h4-7,16H,2-3,8-13H2,1H3,(H,22,27)(H,23,25,29). The number of thiocarbonyl (C=S) groups is 1. The van der Waals surface area contributed by atoms with Gasteiger partial charge in [-0.1, -0.05) is 43.1 Å². The van der Waals surface area contributed by atoms with Crippen molar-refractivity contribution < 1.29 is 19.1 Å². The zero-order valence-corrected chi connectivity index (χ0v) is 18.0. The van der Waals surface area contributed by atoms with E-state index in [-0.39, 0.29) is 29.8 Å². The lowest BCUT2D eigenvalue weighted by Gasteiger charge is -2.36. The second kappa shape index (κ2) is 11.7. The highest BCUT2D eigenvalue weighted by molar-refractivity contribution is 7.80. The minimum absolute atomic E-state index is 0.120. The molecule has 1 saturated heterocycles. The van der Waals surface area contributed by atoms with E-state index >= 15 is 0 Å². The Kier molecular flexibility index (Phi) is 9.34. The first kappa shape index (κ1) is 23.1. The molecule has 1 unspecified atom stereocenters. The van der Waals surface area contributed by atoms with Gasteiger partial charge in [0.25, 0.3) is 0 Å². The molecule has 1 fully saturated rings. The van der Waals surface area contributed by atoms with Crippen molar-refractivity contribution in [1.82, 2.24) is 15.5 Å². The van der Waals surface area contributed by atoms with Crippen LogP contribution in [0.25, 0.3) is 0 Å². The number of hydrogen-bond donors (Lipinski definition) is 2. The van der Waals surface area contributed by atoms with E-state index in [1.807, 2.05) is 25.1 Å². The number of carbonyl (C=O) groups is 3. The lowest BCUT2D eigenvalue weighted by Crippen LogP contribution is -2.60. The van der Waals surface area contributed by atoms with Gasteiger partial charge in [0.2, 0.25) is 11.8 Å². The van der Waals surface area contributed by atoms with Gasteiger partial charge in [-0.15, -0.1) is 0 Å².